The van der Waals surface area contributed by atoms with Crippen molar-refractivity contribution >= 4 is 18.1 Å². The van der Waals surface area contributed by atoms with E-state index in [2.05, 4.69) is 5.32 Å². The van der Waals surface area contributed by atoms with E-state index in [1.807, 2.05) is 24.1 Å². The second-order valence-corrected chi connectivity index (χ2v) is 6.49. The molecule has 1 aromatic carbocycles. The summed E-state index contributed by atoms with van der Waals surface area (Å²) in [4.78, 5) is 36.8. The fourth-order valence-electron chi connectivity index (χ4n) is 3.20. The van der Waals surface area contributed by atoms with E-state index in [1.54, 1.807) is 6.07 Å². The number of piperidine rings is 1. The summed E-state index contributed by atoms with van der Waals surface area (Å²) in [6.07, 6.45) is 3.29. The van der Waals surface area contributed by atoms with Crippen LogP contribution in [0.2, 0.25) is 0 Å². The van der Waals surface area contributed by atoms with E-state index >= 15 is 0 Å². The molecule has 7 heteroatoms. The fraction of sp³-hybridized carbons (Fsp3) is 0.526. The third-order valence-electron chi connectivity index (χ3n) is 4.58. The molecule has 1 aromatic rings. The minimum atomic E-state index is -0.367. The maximum absolute atomic E-state index is 12.1. The zero-order chi connectivity index (χ0) is 18.9. The maximum Gasteiger partial charge on any atom is 0.243 e. The summed E-state index contributed by atoms with van der Waals surface area (Å²) in [5.74, 6) is -0.504. The molecule has 0 saturated carbocycles. The molecule has 0 aromatic heterocycles. The molecule has 3 N–H and O–H groups in total. The molecule has 1 unspecified atom stereocenters. The van der Waals surface area contributed by atoms with Crippen LogP contribution < -0.4 is 11.1 Å². The van der Waals surface area contributed by atoms with Crippen LogP contribution in [0.4, 0.5) is 0 Å². The van der Waals surface area contributed by atoms with Crippen molar-refractivity contribution < 1.29 is 19.1 Å². The standard InChI is InChI=1S/C19H27N3O4/c1-22(17-7-8-18(24)21-19(17)25)12-16-14(4-2-5-15(16)13-23)6-3-10-26-11-9-20/h2,4-5,13,17H,3,6-12,20H2,1H3,(H,21,24,25). The summed E-state index contributed by atoms with van der Waals surface area (Å²) in [5.41, 5.74) is 8.03. The maximum atomic E-state index is 12.1. The zero-order valence-corrected chi connectivity index (χ0v) is 15.2. The Kier molecular flexibility index (Phi) is 7.90. The van der Waals surface area contributed by atoms with Crippen LogP contribution in [-0.2, 0) is 27.3 Å². The minimum Gasteiger partial charge on any atom is -0.380 e. The number of hydrogen-bond donors (Lipinski definition) is 2. The first kappa shape index (κ1) is 20.2. The van der Waals surface area contributed by atoms with E-state index in [9.17, 15) is 14.4 Å². The largest absolute Gasteiger partial charge is 0.380 e. The Labute approximate surface area is 153 Å². The molecular weight excluding hydrogens is 334 g/mol. The Bertz CT molecular complexity index is 648. The Morgan fingerprint density at radius 3 is 2.85 bits per heavy atom. The number of nitrogens with one attached hydrogen (secondary N) is 1. The van der Waals surface area contributed by atoms with E-state index in [4.69, 9.17) is 10.5 Å². The number of amides is 2. The van der Waals surface area contributed by atoms with Gasteiger partial charge >= 0.3 is 0 Å². The van der Waals surface area contributed by atoms with Crippen LogP contribution in [0.1, 0.15) is 40.7 Å². The van der Waals surface area contributed by atoms with Gasteiger partial charge in [-0.15, -0.1) is 0 Å². The SMILES string of the molecule is CN(Cc1c(C=O)cccc1CCCOCCN)C1CCC(=O)NC1=O. The summed E-state index contributed by atoms with van der Waals surface area (Å²) >= 11 is 0. The number of hydrogen-bond acceptors (Lipinski definition) is 6. The summed E-state index contributed by atoms with van der Waals surface area (Å²) < 4.78 is 5.41. The summed E-state index contributed by atoms with van der Waals surface area (Å²) in [7, 11) is 1.84. The lowest BCUT2D eigenvalue weighted by Gasteiger charge is -2.30. The molecule has 1 aliphatic heterocycles. The van der Waals surface area contributed by atoms with Gasteiger partial charge in [0.1, 0.15) is 6.29 Å². The average molecular weight is 361 g/mol. The quantitative estimate of drug-likeness (QED) is 0.360. The number of carbonyl (C=O) groups is 3. The van der Waals surface area contributed by atoms with Crippen molar-refractivity contribution in [2.75, 3.05) is 26.8 Å². The van der Waals surface area contributed by atoms with Gasteiger partial charge in [-0.2, -0.15) is 0 Å². The molecule has 0 radical (unpaired) electrons. The lowest BCUT2D eigenvalue weighted by molar-refractivity contribution is -0.137. The van der Waals surface area contributed by atoms with E-state index in [0.717, 1.165) is 30.3 Å². The van der Waals surface area contributed by atoms with Gasteiger partial charge in [-0.3, -0.25) is 24.6 Å². The first-order chi connectivity index (χ1) is 12.6. The average Bonchev–Trinajstić information content (AvgIpc) is 2.62. The van der Waals surface area contributed by atoms with Gasteiger partial charge < -0.3 is 10.5 Å². The molecule has 142 valence electrons. The Balaban J connectivity index is 2.07. The number of rotatable bonds is 10. The van der Waals surface area contributed by atoms with Crippen LogP contribution in [0, 0.1) is 0 Å². The van der Waals surface area contributed by atoms with E-state index < -0.39 is 0 Å². The number of likely N-dealkylation sites (N-methyl/N-ethyl adjacent to an activating group) is 1. The number of aryl methyl sites for hydroxylation is 1. The first-order valence-corrected chi connectivity index (χ1v) is 8.94. The molecule has 1 saturated heterocycles. The molecule has 0 bridgehead atoms. The van der Waals surface area contributed by atoms with Gasteiger partial charge in [0.15, 0.2) is 0 Å². The molecule has 1 fully saturated rings. The normalized spacial score (nSPS) is 17.4. The van der Waals surface area contributed by atoms with Gasteiger partial charge in [-0.05, 0) is 37.4 Å². The number of aldehydes is 1. The third-order valence-corrected chi connectivity index (χ3v) is 4.58. The molecule has 1 aliphatic rings. The number of nitrogens with zero attached hydrogens (tertiary/aromatic N) is 1. The molecule has 7 nitrogen and oxygen atoms in total. The molecule has 0 spiro atoms. The molecule has 0 aliphatic carbocycles. The lowest BCUT2D eigenvalue weighted by atomic mass is 9.96. The van der Waals surface area contributed by atoms with Crippen molar-refractivity contribution in [3.8, 4) is 0 Å². The highest BCUT2D eigenvalue weighted by molar-refractivity contribution is 6.00. The Hall–Kier alpha value is -2.09. The molecule has 1 heterocycles. The summed E-state index contributed by atoms with van der Waals surface area (Å²) in [6.45, 7) is 2.13. The highest BCUT2D eigenvalue weighted by atomic mass is 16.5. The van der Waals surface area contributed by atoms with Gasteiger partial charge in [0.05, 0.1) is 12.6 Å². The number of nitrogens with two attached hydrogens (primary N) is 1. The fourth-order valence-corrected chi connectivity index (χ4v) is 3.20. The Morgan fingerprint density at radius 2 is 2.15 bits per heavy atom. The third kappa shape index (κ3) is 5.45. The second kappa shape index (κ2) is 10.2. The highest BCUT2D eigenvalue weighted by Gasteiger charge is 2.30. The van der Waals surface area contributed by atoms with Crippen LogP contribution in [0.3, 0.4) is 0 Å². The van der Waals surface area contributed by atoms with Crippen molar-refractivity contribution in [2.24, 2.45) is 5.73 Å². The molecular formula is C19H27N3O4. The van der Waals surface area contributed by atoms with Crippen molar-refractivity contribution in [3.05, 3.63) is 34.9 Å². The van der Waals surface area contributed by atoms with Crippen molar-refractivity contribution in [1.82, 2.24) is 10.2 Å². The number of benzene rings is 1. The van der Waals surface area contributed by atoms with Crippen molar-refractivity contribution in [2.45, 2.75) is 38.3 Å². The zero-order valence-electron chi connectivity index (χ0n) is 15.2. The van der Waals surface area contributed by atoms with Gasteiger partial charge in [0.2, 0.25) is 11.8 Å². The van der Waals surface area contributed by atoms with Crippen molar-refractivity contribution in [3.63, 3.8) is 0 Å². The minimum absolute atomic E-state index is 0.230. The van der Waals surface area contributed by atoms with E-state index in [1.165, 1.54) is 0 Å². The second-order valence-electron chi connectivity index (χ2n) is 6.49. The van der Waals surface area contributed by atoms with E-state index in [-0.39, 0.29) is 17.9 Å². The Morgan fingerprint density at radius 1 is 1.35 bits per heavy atom. The highest BCUT2D eigenvalue weighted by Crippen LogP contribution is 2.20. The van der Waals surface area contributed by atoms with Crippen LogP contribution >= 0.6 is 0 Å². The number of carbonyl (C=O) groups excluding carboxylic acids is 3. The van der Waals surface area contributed by atoms with Gasteiger partial charge in [0, 0.05) is 31.7 Å². The van der Waals surface area contributed by atoms with E-state index in [0.29, 0.717) is 44.7 Å². The summed E-state index contributed by atoms with van der Waals surface area (Å²) in [5, 5.41) is 2.38. The predicted octanol–water partition coefficient (Wildman–Crippen LogP) is 0.644. The predicted molar refractivity (Wildman–Crippen MR) is 97.7 cm³/mol. The van der Waals surface area contributed by atoms with Gasteiger partial charge in [-0.25, -0.2) is 0 Å². The van der Waals surface area contributed by atoms with Crippen LogP contribution in [0.15, 0.2) is 18.2 Å². The number of ether oxygens (including phenoxy) is 1. The molecule has 2 amide bonds. The van der Waals surface area contributed by atoms with Crippen molar-refractivity contribution in [1.29, 1.82) is 0 Å². The lowest BCUT2D eigenvalue weighted by Crippen LogP contribution is -2.51. The molecule has 1 atom stereocenters. The molecule has 2 rings (SSSR count). The summed E-state index contributed by atoms with van der Waals surface area (Å²) in [6, 6.07) is 5.29. The van der Waals surface area contributed by atoms with Crippen LogP contribution in [0.5, 0.6) is 0 Å². The number of imide groups is 1. The molecule has 26 heavy (non-hydrogen) atoms. The first-order valence-electron chi connectivity index (χ1n) is 8.94. The smallest absolute Gasteiger partial charge is 0.243 e. The van der Waals surface area contributed by atoms with Gasteiger partial charge in [-0.1, -0.05) is 18.2 Å². The monoisotopic (exact) mass is 361 g/mol. The van der Waals surface area contributed by atoms with Crippen LogP contribution in [-0.4, -0.2) is 55.8 Å². The van der Waals surface area contributed by atoms with Crippen LogP contribution in [0.25, 0.3) is 0 Å². The topological polar surface area (TPSA) is 102 Å². The van der Waals surface area contributed by atoms with Gasteiger partial charge in [0.25, 0.3) is 0 Å².